The summed E-state index contributed by atoms with van der Waals surface area (Å²) in [5.74, 6) is 0.225. The van der Waals surface area contributed by atoms with Crippen molar-refractivity contribution in [2.45, 2.75) is 0 Å². The molecule has 110 valence electrons. The molecule has 5 aromatic rings. The Morgan fingerprint density at radius 2 is 1.70 bits per heavy atom. The predicted octanol–water partition coefficient (Wildman–Crippen LogP) is 5.57. The highest BCUT2D eigenvalue weighted by atomic mass is 32.1. The Kier molecular flexibility index (Phi) is 2.52. The van der Waals surface area contributed by atoms with Gasteiger partial charge < -0.3 is 9.52 Å². The number of aromatic nitrogens is 1. The van der Waals surface area contributed by atoms with Gasteiger partial charge in [0.05, 0.1) is 15.8 Å². The summed E-state index contributed by atoms with van der Waals surface area (Å²) >= 11 is 1.58. The van der Waals surface area contributed by atoms with E-state index in [9.17, 15) is 5.11 Å². The zero-order chi connectivity index (χ0) is 15.4. The first-order valence-corrected chi connectivity index (χ1v) is 8.12. The normalized spacial score (nSPS) is 11.7. The van der Waals surface area contributed by atoms with E-state index in [1.54, 1.807) is 17.4 Å². The standard InChI is InChI=1S/C19H11NO2S/c21-13-9-10-15-17(11-5-1-3-7-14(11)22-15)18(13)19-20-12-6-2-4-8-16(12)23-19/h1-10,21H. The minimum Gasteiger partial charge on any atom is -0.507 e. The van der Waals surface area contributed by atoms with Crippen LogP contribution in [0.5, 0.6) is 5.75 Å². The first-order chi connectivity index (χ1) is 11.3. The Balaban J connectivity index is 1.94. The minimum absolute atomic E-state index is 0.225. The Hall–Kier alpha value is -2.85. The van der Waals surface area contributed by atoms with E-state index in [0.717, 1.165) is 42.7 Å². The second-order valence-electron chi connectivity index (χ2n) is 5.42. The molecule has 0 aliphatic heterocycles. The summed E-state index contributed by atoms with van der Waals surface area (Å²) in [6.45, 7) is 0. The maximum absolute atomic E-state index is 10.5. The van der Waals surface area contributed by atoms with Gasteiger partial charge in [-0.05, 0) is 30.3 Å². The number of thiazole rings is 1. The summed E-state index contributed by atoms with van der Waals surface area (Å²) in [6, 6.07) is 19.4. The lowest BCUT2D eigenvalue weighted by Crippen LogP contribution is -1.80. The fourth-order valence-corrected chi connectivity index (χ4v) is 4.03. The second-order valence-corrected chi connectivity index (χ2v) is 6.45. The highest BCUT2D eigenvalue weighted by Gasteiger charge is 2.18. The lowest BCUT2D eigenvalue weighted by Gasteiger charge is -2.02. The molecule has 2 heterocycles. The highest BCUT2D eigenvalue weighted by molar-refractivity contribution is 7.21. The van der Waals surface area contributed by atoms with Crippen LogP contribution in [0, 0.1) is 0 Å². The smallest absolute Gasteiger partial charge is 0.136 e. The molecular formula is C19H11NO2S. The number of hydrogen-bond donors (Lipinski definition) is 1. The molecule has 2 aromatic heterocycles. The molecule has 1 N–H and O–H groups in total. The van der Waals surface area contributed by atoms with Gasteiger partial charge in [0.15, 0.2) is 0 Å². The van der Waals surface area contributed by atoms with Crippen molar-refractivity contribution in [2.75, 3.05) is 0 Å². The van der Waals surface area contributed by atoms with Gasteiger partial charge in [0.25, 0.3) is 0 Å². The molecule has 4 heteroatoms. The van der Waals surface area contributed by atoms with E-state index >= 15 is 0 Å². The summed E-state index contributed by atoms with van der Waals surface area (Å²) in [5.41, 5.74) is 3.26. The number of rotatable bonds is 1. The van der Waals surface area contributed by atoms with Crippen molar-refractivity contribution in [1.82, 2.24) is 4.98 Å². The van der Waals surface area contributed by atoms with Crippen molar-refractivity contribution >= 4 is 43.5 Å². The Bertz CT molecular complexity index is 1150. The van der Waals surface area contributed by atoms with Gasteiger partial charge in [0.1, 0.15) is 21.9 Å². The van der Waals surface area contributed by atoms with Gasteiger partial charge >= 0.3 is 0 Å². The molecule has 0 aliphatic rings. The predicted molar refractivity (Wildman–Crippen MR) is 94.0 cm³/mol. The van der Waals surface area contributed by atoms with Crippen LogP contribution in [0.3, 0.4) is 0 Å². The van der Waals surface area contributed by atoms with Crippen LogP contribution >= 0.6 is 11.3 Å². The molecule has 0 amide bonds. The molecule has 3 aromatic carbocycles. The van der Waals surface area contributed by atoms with Crippen LogP contribution in [-0.4, -0.2) is 10.1 Å². The largest absolute Gasteiger partial charge is 0.507 e. The number of hydrogen-bond acceptors (Lipinski definition) is 4. The average molecular weight is 317 g/mol. The third kappa shape index (κ3) is 1.79. The first kappa shape index (κ1) is 12.7. The van der Waals surface area contributed by atoms with E-state index in [1.165, 1.54) is 0 Å². The molecule has 23 heavy (non-hydrogen) atoms. The molecule has 0 spiro atoms. The van der Waals surface area contributed by atoms with Gasteiger partial charge in [0.2, 0.25) is 0 Å². The van der Waals surface area contributed by atoms with Crippen LogP contribution in [0.4, 0.5) is 0 Å². The molecule has 3 nitrogen and oxygen atoms in total. The molecule has 0 aliphatic carbocycles. The monoisotopic (exact) mass is 317 g/mol. The van der Waals surface area contributed by atoms with Crippen molar-refractivity contribution < 1.29 is 9.52 Å². The summed E-state index contributed by atoms with van der Waals surface area (Å²) in [7, 11) is 0. The van der Waals surface area contributed by atoms with Crippen molar-refractivity contribution in [3.8, 4) is 16.3 Å². The molecule has 0 saturated carbocycles. The molecule has 5 rings (SSSR count). The Morgan fingerprint density at radius 1 is 0.870 bits per heavy atom. The maximum Gasteiger partial charge on any atom is 0.136 e. The van der Waals surface area contributed by atoms with Gasteiger partial charge in [-0.25, -0.2) is 4.98 Å². The summed E-state index contributed by atoms with van der Waals surface area (Å²) in [6.07, 6.45) is 0. The van der Waals surface area contributed by atoms with Crippen LogP contribution in [0.15, 0.2) is 65.1 Å². The van der Waals surface area contributed by atoms with E-state index in [0.29, 0.717) is 0 Å². The van der Waals surface area contributed by atoms with Gasteiger partial charge in [-0.2, -0.15) is 0 Å². The van der Waals surface area contributed by atoms with Gasteiger partial charge in [0, 0.05) is 10.8 Å². The minimum atomic E-state index is 0.225. The van der Waals surface area contributed by atoms with Crippen molar-refractivity contribution in [1.29, 1.82) is 0 Å². The third-order valence-electron chi connectivity index (χ3n) is 4.03. The van der Waals surface area contributed by atoms with Crippen molar-refractivity contribution in [3.63, 3.8) is 0 Å². The number of aromatic hydroxyl groups is 1. The Labute approximate surface area is 135 Å². The van der Waals surface area contributed by atoms with Crippen molar-refractivity contribution in [3.05, 3.63) is 60.7 Å². The van der Waals surface area contributed by atoms with Crippen molar-refractivity contribution in [2.24, 2.45) is 0 Å². The summed E-state index contributed by atoms with van der Waals surface area (Å²) in [5, 5.41) is 13.2. The number of furan rings is 1. The van der Waals surface area contributed by atoms with E-state index in [-0.39, 0.29) is 5.75 Å². The maximum atomic E-state index is 10.5. The molecule has 0 radical (unpaired) electrons. The molecule has 0 atom stereocenters. The van der Waals surface area contributed by atoms with Gasteiger partial charge in [-0.3, -0.25) is 0 Å². The summed E-state index contributed by atoms with van der Waals surface area (Å²) in [4.78, 5) is 4.70. The number of phenolic OH excluding ortho intramolecular Hbond substituents is 1. The second kappa shape index (κ2) is 4.57. The Morgan fingerprint density at radius 3 is 2.61 bits per heavy atom. The van der Waals surface area contributed by atoms with Gasteiger partial charge in [-0.15, -0.1) is 11.3 Å². The molecule has 0 unspecified atom stereocenters. The van der Waals surface area contributed by atoms with Crippen LogP contribution in [0.1, 0.15) is 0 Å². The molecule has 0 bridgehead atoms. The highest BCUT2D eigenvalue weighted by Crippen LogP contribution is 2.43. The SMILES string of the molecule is Oc1ccc2oc3ccccc3c2c1-c1nc2ccccc2s1. The van der Waals surface area contributed by atoms with Crippen LogP contribution in [0.2, 0.25) is 0 Å². The fourth-order valence-electron chi connectivity index (χ4n) is 3.00. The zero-order valence-electron chi connectivity index (χ0n) is 12.0. The molecule has 0 fully saturated rings. The number of nitrogens with zero attached hydrogens (tertiary/aromatic N) is 1. The van der Waals surface area contributed by atoms with E-state index in [2.05, 4.69) is 0 Å². The molecular weight excluding hydrogens is 306 g/mol. The number of fused-ring (bicyclic) bond motifs is 4. The lowest BCUT2D eigenvalue weighted by atomic mass is 10.1. The number of phenols is 1. The number of para-hydroxylation sites is 2. The zero-order valence-corrected chi connectivity index (χ0v) is 12.8. The average Bonchev–Trinajstić information content (AvgIpc) is 3.15. The van der Waals surface area contributed by atoms with E-state index in [1.807, 2.05) is 54.6 Å². The van der Waals surface area contributed by atoms with Gasteiger partial charge in [-0.1, -0.05) is 30.3 Å². The lowest BCUT2D eigenvalue weighted by molar-refractivity contribution is 0.478. The number of benzene rings is 3. The molecule has 0 saturated heterocycles. The van der Waals surface area contributed by atoms with Crippen LogP contribution < -0.4 is 0 Å². The van der Waals surface area contributed by atoms with Crippen LogP contribution in [-0.2, 0) is 0 Å². The van der Waals surface area contributed by atoms with E-state index < -0.39 is 0 Å². The third-order valence-corrected chi connectivity index (χ3v) is 5.08. The topological polar surface area (TPSA) is 46.3 Å². The van der Waals surface area contributed by atoms with E-state index in [4.69, 9.17) is 9.40 Å². The quantitative estimate of drug-likeness (QED) is 0.440. The fraction of sp³-hybridized carbons (Fsp3) is 0. The first-order valence-electron chi connectivity index (χ1n) is 7.30. The van der Waals surface area contributed by atoms with Crippen LogP contribution in [0.25, 0.3) is 42.7 Å². The summed E-state index contributed by atoms with van der Waals surface area (Å²) < 4.78 is 7.01.